The average molecular weight is 464 g/mol. The van der Waals surface area contributed by atoms with E-state index < -0.39 is 33.6 Å². The van der Waals surface area contributed by atoms with Crippen molar-refractivity contribution in [3.8, 4) is 11.3 Å². The summed E-state index contributed by atoms with van der Waals surface area (Å²) in [6.45, 7) is 0.0892. The SMILES string of the molecule is O=S1(=O)Nc2ccc(C(F)(F)F)c(n2)-c2ccccc2CCC(O)CNc2cccc1n2. The van der Waals surface area contributed by atoms with Gasteiger partial charge in [0.1, 0.15) is 11.6 Å². The van der Waals surface area contributed by atoms with Crippen LogP contribution in [0, 0.1) is 0 Å². The van der Waals surface area contributed by atoms with Crippen molar-refractivity contribution in [2.24, 2.45) is 0 Å². The number of pyridine rings is 2. The molecule has 0 fully saturated rings. The number of aromatic nitrogens is 2. The van der Waals surface area contributed by atoms with Crippen LogP contribution in [0.15, 0.2) is 59.6 Å². The fourth-order valence-corrected chi connectivity index (χ4v) is 4.39. The second-order valence-corrected chi connectivity index (χ2v) is 8.92. The zero-order valence-electron chi connectivity index (χ0n) is 16.6. The van der Waals surface area contributed by atoms with Crippen molar-refractivity contribution in [2.45, 2.75) is 30.1 Å². The molecule has 3 heterocycles. The van der Waals surface area contributed by atoms with Gasteiger partial charge < -0.3 is 10.4 Å². The van der Waals surface area contributed by atoms with Gasteiger partial charge in [-0.15, -0.1) is 0 Å². The summed E-state index contributed by atoms with van der Waals surface area (Å²) in [5.41, 5.74) is -0.607. The van der Waals surface area contributed by atoms with E-state index in [1.165, 1.54) is 18.2 Å². The van der Waals surface area contributed by atoms with Crippen LogP contribution >= 0.6 is 0 Å². The molecule has 3 aromatic rings. The first-order valence-corrected chi connectivity index (χ1v) is 11.2. The first kappa shape index (κ1) is 22.0. The minimum Gasteiger partial charge on any atom is -0.391 e. The van der Waals surface area contributed by atoms with E-state index in [4.69, 9.17) is 0 Å². The summed E-state index contributed by atoms with van der Waals surface area (Å²) < 4.78 is 69.0. The van der Waals surface area contributed by atoms with Crippen LogP contribution in [0.4, 0.5) is 24.8 Å². The number of aliphatic hydroxyl groups is 1. The number of fused-ring (bicyclic) bond motifs is 6. The summed E-state index contributed by atoms with van der Waals surface area (Å²) in [5.74, 6) is -0.0267. The zero-order chi connectivity index (χ0) is 22.9. The van der Waals surface area contributed by atoms with Crippen molar-refractivity contribution in [2.75, 3.05) is 16.6 Å². The van der Waals surface area contributed by atoms with E-state index in [2.05, 4.69) is 20.0 Å². The molecule has 0 aliphatic carbocycles. The van der Waals surface area contributed by atoms with Crippen LogP contribution in [0.3, 0.4) is 0 Å². The smallest absolute Gasteiger partial charge is 0.391 e. The molecule has 32 heavy (non-hydrogen) atoms. The first-order valence-electron chi connectivity index (χ1n) is 9.72. The highest BCUT2D eigenvalue weighted by atomic mass is 32.2. The predicted molar refractivity (Wildman–Crippen MR) is 113 cm³/mol. The van der Waals surface area contributed by atoms with Crippen LogP contribution in [-0.4, -0.2) is 36.1 Å². The van der Waals surface area contributed by atoms with E-state index in [0.29, 0.717) is 12.0 Å². The summed E-state index contributed by atoms with van der Waals surface area (Å²) in [6.07, 6.45) is -4.98. The Balaban J connectivity index is 1.90. The number of anilines is 2. The monoisotopic (exact) mass is 464 g/mol. The van der Waals surface area contributed by atoms with E-state index in [0.717, 1.165) is 12.1 Å². The van der Waals surface area contributed by atoms with Crippen LogP contribution in [-0.2, 0) is 22.6 Å². The fraction of sp³-hybridized carbons (Fsp3) is 0.238. The van der Waals surface area contributed by atoms with Crippen molar-refractivity contribution in [3.63, 3.8) is 0 Å². The molecule has 7 nitrogen and oxygen atoms in total. The fourth-order valence-electron chi connectivity index (χ4n) is 3.42. The number of rotatable bonds is 0. The van der Waals surface area contributed by atoms with Gasteiger partial charge in [-0.3, -0.25) is 4.72 Å². The van der Waals surface area contributed by atoms with Gasteiger partial charge in [0.2, 0.25) is 0 Å². The molecular weight excluding hydrogens is 445 g/mol. The third-order valence-corrected chi connectivity index (χ3v) is 6.23. The standard InChI is InChI=1S/C21H19F3N4O3S/c22-21(23,24)16-10-11-18-27-20(16)15-5-2-1-4-13(15)8-9-14(29)12-25-17-6-3-7-19(26-17)32(30,31)28-18/h1-7,10-11,14,29H,8-9,12H2,(H,25,26)(H,27,28). The summed E-state index contributed by atoms with van der Waals surface area (Å²) in [5, 5.41) is 12.9. The third-order valence-electron chi connectivity index (χ3n) is 4.98. The predicted octanol–water partition coefficient (Wildman–Crippen LogP) is 3.68. The number of nitrogens with one attached hydrogen (secondary N) is 2. The Hall–Kier alpha value is -3.18. The number of hydrogen-bond acceptors (Lipinski definition) is 6. The molecule has 0 saturated carbocycles. The number of hydrogen-bond donors (Lipinski definition) is 3. The maximum Gasteiger partial charge on any atom is 0.418 e. The van der Waals surface area contributed by atoms with E-state index in [1.54, 1.807) is 24.3 Å². The molecule has 0 saturated heterocycles. The molecular formula is C21H19F3N4O3S. The Labute approximate surface area is 182 Å². The van der Waals surface area contributed by atoms with E-state index >= 15 is 0 Å². The summed E-state index contributed by atoms with van der Waals surface area (Å²) >= 11 is 0. The second-order valence-electron chi connectivity index (χ2n) is 7.29. The Bertz CT molecular complexity index is 1250. The van der Waals surface area contributed by atoms with Gasteiger partial charge in [-0.1, -0.05) is 30.3 Å². The lowest BCUT2D eigenvalue weighted by Crippen LogP contribution is -2.21. The van der Waals surface area contributed by atoms with Gasteiger partial charge in [0.05, 0.1) is 17.4 Å². The zero-order valence-corrected chi connectivity index (χ0v) is 17.4. The lowest BCUT2D eigenvalue weighted by atomic mass is 9.96. The summed E-state index contributed by atoms with van der Waals surface area (Å²) in [7, 11) is -4.22. The third kappa shape index (κ3) is 4.68. The largest absolute Gasteiger partial charge is 0.418 e. The number of aryl methyl sites for hydroxylation is 1. The molecule has 1 unspecified atom stereocenters. The Morgan fingerprint density at radius 3 is 2.53 bits per heavy atom. The highest BCUT2D eigenvalue weighted by Crippen LogP contribution is 2.38. The molecule has 4 rings (SSSR count). The Kier molecular flexibility index (Phi) is 5.78. The highest BCUT2D eigenvalue weighted by Gasteiger charge is 2.35. The maximum absolute atomic E-state index is 13.7. The lowest BCUT2D eigenvalue weighted by Gasteiger charge is -2.17. The first-order chi connectivity index (χ1) is 15.1. The molecule has 1 aromatic carbocycles. The molecule has 4 bridgehead atoms. The minimum absolute atomic E-state index is 0.0892. The van der Waals surface area contributed by atoms with Crippen molar-refractivity contribution in [1.82, 2.24) is 9.97 Å². The van der Waals surface area contributed by atoms with Gasteiger partial charge in [-0.05, 0) is 42.7 Å². The van der Waals surface area contributed by atoms with Crippen LogP contribution in [0.1, 0.15) is 17.5 Å². The highest BCUT2D eigenvalue weighted by molar-refractivity contribution is 7.92. The number of sulfonamides is 1. The molecule has 0 spiro atoms. The van der Waals surface area contributed by atoms with Crippen LogP contribution < -0.4 is 10.0 Å². The van der Waals surface area contributed by atoms with Crippen LogP contribution in [0.2, 0.25) is 0 Å². The summed E-state index contributed by atoms with van der Waals surface area (Å²) in [4.78, 5) is 8.06. The minimum atomic E-state index is -4.70. The molecule has 1 atom stereocenters. The maximum atomic E-state index is 13.7. The van der Waals surface area contributed by atoms with Gasteiger partial charge in [0, 0.05) is 12.1 Å². The van der Waals surface area contributed by atoms with E-state index in [1.807, 2.05) is 0 Å². The second kappa shape index (κ2) is 8.40. The molecule has 0 radical (unpaired) electrons. The molecule has 0 amide bonds. The quantitative estimate of drug-likeness (QED) is 0.469. The Morgan fingerprint density at radius 2 is 1.75 bits per heavy atom. The number of alkyl halides is 3. The van der Waals surface area contributed by atoms with Gasteiger partial charge >= 0.3 is 6.18 Å². The van der Waals surface area contributed by atoms with E-state index in [-0.39, 0.29) is 35.2 Å². The number of halogens is 3. The number of nitrogens with zero attached hydrogens (tertiary/aromatic N) is 2. The molecule has 3 N–H and O–H groups in total. The normalized spacial score (nSPS) is 18.3. The Morgan fingerprint density at radius 1 is 0.969 bits per heavy atom. The molecule has 1 aliphatic rings. The van der Waals surface area contributed by atoms with Gasteiger partial charge in [0.15, 0.2) is 5.03 Å². The molecule has 2 aromatic heterocycles. The number of benzene rings is 1. The van der Waals surface area contributed by atoms with Crippen molar-refractivity contribution >= 4 is 21.7 Å². The van der Waals surface area contributed by atoms with Crippen molar-refractivity contribution < 1.29 is 26.7 Å². The molecule has 168 valence electrons. The van der Waals surface area contributed by atoms with Gasteiger partial charge in [-0.25, -0.2) is 9.97 Å². The van der Waals surface area contributed by atoms with Gasteiger partial charge in [0.25, 0.3) is 10.0 Å². The topological polar surface area (TPSA) is 104 Å². The van der Waals surface area contributed by atoms with E-state index in [9.17, 15) is 26.7 Å². The molecule has 1 aliphatic heterocycles. The molecule has 11 heteroatoms. The van der Waals surface area contributed by atoms with Gasteiger partial charge in [-0.2, -0.15) is 21.6 Å². The number of β-amino-alcohol motifs (C(OH)–C–C–N with tert-alkyl or cyclic N) is 1. The summed E-state index contributed by atoms with van der Waals surface area (Å²) in [6, 6.07) is 12.5. The van der Waals surface area contributed by atoms with Crippen LogP contribution in [0.25, 0.3) is 11.3 Å². The van der Waals surface area contributed by atoms with Crippen molar-refractivity contribution in [3.05, 3.63) is 65.7 Å². The van der Waals surface area contributed by atoms with Crippen LogP contribution in [0.5, 0.6) is 0 Å². The number of aliphatic hydroxyl groups excluding tert-OH is 1. The van der Waals surface area contributed by atoms with Crippen molar-refractivity contribution in [1.29, 1.82) is 0 Å². The average Bonchev–Trinajstić information content (AvgIpc) is 2.75. The lowest BCUT2D eigenvalue weighted by molar-refractivity contribution is -0.137.